The van der Waals surface area contributed by atoms with Crippen molar-refractivity contribution in [1.29, 1.82) is 0 Å². The summed E-state index contributed by atoms with van der Waals surface area (Å²) >= 11 is 0. The predicted molar refractivity (Wildman–Crippen MR) is 72.3 cm³/mol. The Kier molecular flexibility index (Phi) is 4.43. The van der Waals surface area contributed by atoms with Gasteiger partial charge < -0.3 is 10.4 Å². The van der Waals surface area contributed by atoms with E-state index in [0.29, 0.717) is 0 Å². The Hall–Kier alpha value is -1.02. The number of rotatable bonds is 4. The average Bonchev–Trinajstić information content (AvgIpc) is 2.38. The fraction of sp³-hybridized carbons (Fsp3) is 0.600. The van der Waals surface area contributed by atoms with Crippen LogP contribution in [0.3, 0.4) is 0 Å². The van der Waals surface area contributed by atoms with Crippen molar-refractivity contribution in [2.75, 3.05) is 11.9 Å². The summed E-state index contributed by atoms with van der Waals surface area (Å²) in [5.74, 6) is 0.725. The monoisotopic (exact) mass is 233 g/mol. The third kappa shape index (κ3) is 3.47. The van der Waals surface area contributed by atoms with Crippen molar-refractivity contribution in [1.82, 2.24) is 0 Å². The Morgan fingerprint density at radius 3 is 2.59 bits per heavy atom. The van der Waals surface area contributed by atoms with Gasteiger partial charge in [-0.15, -0.1) is 0 Å². The summed E-state index contributed by atoms with van der Waals surface area (Å²) < 4.78 is 0. The second-order valence-electron chi connectivity index (χ2n) is 5.07. The largest absolute Gasteiger partial charge is 0.393 e. The number of nitrogens with one attached hydrogen (secondary N) is 1. The molecule has 0 aliphatic heterocycles. The van der Waals surface area contributed by atoms with Crippen molar-refractivity contribution in [3.63, 3.8) is 0 Å². The van der Waals surface area contributed by atoms with E-state index in [1.54, 1.807) is 0 Å². The minimum atomic E-state index is -0.0471. The van der Waals surface area contributed by atoms with Crippen LogP contribution in [0.1, 0.15) is 38.2 Å². The first-order chi connectivity index (χ1) is 8.29. The van der Waals surface area contributed by atoms with E-state index in [2.05, 4.69) is 36.5 Å². The van der Waals surface area contributed by atoms with E-state index in [-0.39, 0.29) is 6.10 Å². The highest BCUT2D eigenvalue weighted by Crippen LogP contribution is 2.25. The Bertz CT molecular complexity index is 343. The van der Waals surface area contributed by atoms with Gasteiger partial charge in [0.25, 0.3) is 0 Å². The molecule has 1 fully saturated rings. The van der Waals surface area contributed by atoms with E-state index in [9.17, 15) is 5.11 Å². The molecule has 1 saturated carbocycles. The molecule has 0 spiro atoms. The van der Waals surface area contributed by atoms with Gasteiger partial charge in [-0.3, -0.25) is 0 Å². The van der Waals surface area contributed by atoms with Crippen LogP contribution in [-0.4, -0.2) is 17.8 Å². The van der Waals surface area contributed by atoms with Gasteiger partial charge in [0.2, 0.25) is 0 Å². The van der Waals surface area contributed by atoms with Crippen LogP contribution in [0, 0.1) is 5.92 Å². The molecule has 1 aromatic carbocycles. The summed E-state index contributed by atoms with van der Waals surface area (Å²) in [7, 11) is 0. The first-order valence-electron chi connectivity index (χ1n) is 6.79. The number of hydrogen-bond donors (Lipinski definition) is 2. The topological polar surface area (TPSA) is 32.3 Å². The lowest BCUT2D eigenvalue weighted by Crippen LogP contribution is -2.23. The van der Waals surface area contributed by atoms with Crippen LogP contribution in [0.25, 0.3) is 0 Å². The quantitative estimate of drug-likeness (QED) is 0.837. The molecular formula is C15H23NO. The lowest BCUT2D eigenvalue weighted by molar-refractivity contribution is 0.111. The van der Waals surface area contributed by atoms with E-state index in [1.165, 1.54) is 11.3 Å². The minimum absolute atomic E-state index is 0.0471. The molecule has 1 aliphatic carbocycles. The zero-order valence-corrected chi connectivity index (χ0v) is 10.7. The van der Waals surface area contributed by atoms with Crippen molar-refractivity contribution in [3.05, 3.63) is 29.8 Å². The SMILES string of the molecule is CCc1ccccc1NCC1CCC(O)CC1. The van der Waals surface area contributed by atoms with Gasteiger partial charge in [-0.25, -0.2) is 0 Å². The van der Waals surface area contributed by atoms with Gasteiger partial charge in [0, 0.05) is 12.2 Å². The molecule has 0 amide bonds. The number of aliphatic hydroxyl groups is 1. The number of para-hydroxylation sites is 1. The molecule has 0 radical (unpaired) electrons. The molecule has 2 N–H and O–H groups in total. The molecular weight excluding hydrogens is 210 g/mol. The maximum Gasteiger partial charge on any atom is 0.0540 e. The number of anilines is 1. The van der Waals surface area contributed by atoms with Crippen molar-refractivity contribution < 1.29 is 5.11 Å². The predicted octanol–water partition coefficient (Wildman–Crippen LogP) is 3.21. The Morgan fingerprint density at radius 2 is 1.88 bits per heavy atom. The number of benzene rings is 1. The van der Waals surface area contributed by atoms with Crippen LogP contribution >= 0.6 is 0 Å². The maximum absolute atomic E-state index is 9.47. The van der Waals surface area contributed by atoms with Crippen LogP contribution in [0.2, 0.25) is 0 Å². The standard InChI is InChI=1S/C15H23NO/c1-2-13-5-3-4-6-15(13)16-11-12-7-9-14(17)10-8-12/h3-6,12,14,16-17H,2,7-11H2,1H3. The fourth-order valence-electron chi connectivity index (χ4n) is 2.60. The fourth-order valence-corrected chi connectivity index (χ4v) is 2.60. The van der Waals surface area contributed by atoms with Gasteiger partial charge >= 0.3 is 0 Å². The van der Waals surface area contributed by atoms with Crippen molar-refractivity contribution >= 4 is 5.69 Å². The minimum Gasteiger partial charge on any atom is -0.393 e. The zero-order valence-electron chi connectivity index (χ0n) is 10.7. The summed E-state index contributed by atoms with van der Waals surface area (Å²) in [6, 6.07) is 8.54. The molecule has 1 aliphatic rings. The molecule has 2 nitrogen and oxygen atoms in total. The highest BCUT2D eigenvalue weighted by atomic mass is 16.3. The van der Waals surface area contributed by atoms with Crippen LogP contribution in [0.5, 0.6) is 0 Å². The molecule has 94 valence electrons. The third-order valence-corrected chi connectivity index (χ3v) is 3.80. The van der Waals surface area contributed by atoms with Gasteiger partial charge in [-0.2, -0.15) is 0 Å². The highest BCUT2D eigenvalue weighted by Gasteiger charge is 2.19. The second-order valence-corrected chi connectivity index (χ2v) is 5.07. The lowest BCUT2D eigenvalue weighted by Gasteiger charge is -2.26. The molecule has 2 heteroatoms. The summed E-state index contributed by atoms with van der Waals surface area (Å²) in [5.41, 5.74) is 2.67. The number of aliphatic hydroxyl groups excluding tert-OH is 1. The molecule has 0 atom stereocenters. The van der Waals surface area contributed by atoms with E-state index >= 15 is 0 Å². The molecule has 0 saturated heterocycles. The van der Waals surface area contributed by atoms with Gasteiger partial charge in [-0.1, -0.05) is 25.1 Å². The summed E-state index contributed by atoms with van der Waals surface area (Å²) in [4.78, 5) is 0. The molecule has 1 aromatic rings. The third-order valence-electron chi connectivity index (χ3n) is 3.80. The molecule has 2 rings (SSSR count). The van der Waals surface area contributed by atoms with Crippen LogP contribution in [0.15, 0.2) is 24.3 Å². The van der Waals surface area contributed by atoms with E-state index in [1.807, 2.05) is 0 Å². The summed E-state index contributed by atoms with van der Waals surface area (Å²) in [5, 5.41) is 13.0. The molecule has 0 bridgehead atoms. The molecule has 0 heterocycles. The Labute approximate surface area is 104 Å². The van der Waals surface area contributed by atoms with E-state index in [0.717, 1.165) is 44.6 Å². The van der Waals surface area contributed by atoms with Gasteiger partial charge in [0.1, 0.15) is 0 Å². The first kappa shape index (κ1) is 12.4. The van der Waals surface area contributed by atoms with Crippen molar-refractivity contribution in [2.45, 2.75) is 45.1 Å². The van der Waals surface area contributed by atoms with Gasteiger partial charge in [-0.05, 0) is 49.7 Å². The van der Waals surface area contributed by atoms with Gasteiger partial charge in [0.15, 0.2) is 0 Å². The molecule has 0 aromatic heterocycles. The number of aryl methyl sites for hydroxylation is 1. The first-order valence-corrected chi connectivity index (χ1v) is 6.79. The van der Waals surface area contributed by atoms with Crippen LogP contribution in [0.4, 0.5) is 5.69 Å². The molecule has 17 heavy (non-hydrogen) atoms. The van der Waals surface area contributed by atoms with Crippen molar-refractivity contribution in [3.8, 4) is 0 Å². The van der Waals surface area contributed by atoms with E-state index in [4.69, 9.17) is 0 Å². The summed E-state index contributed by atoms with van der Waals surface area (Å²) in [6.45, 7) is 3.24. The second kappa shape index (κ2) is 6.06. The smallest absolute Gasteiger partial charge is 0.0540 e. The van der Waals surface area contributed by atoms with Crippen LogP contribution < -0.4 is 5.32 Å². The Balaban J connectivity index is 1.85. The van der Waals surface area contributed by atoms with Crippen molar-refractivity contribution in [2.24, 2.45) is 5.92 Å². The Morgan fingerprint density at radius 1 is 1.18 bits per heavy atom. The lowest BCUT2D eigenvalue weighted by atomic mass is 9.87. The average molecular weight is 233 g/mol. The summed E-state index contributed by atoms with van der Waals surface area (Å²) in [6.07, 6.45) is 5.29. The normalized spacial score (nSPS) is 24.6. The maximum atomic E-state index is 9.47. The van der Waals surface area contributed by atoms with E-state index < -0.39 is 0 Å². The van der Waals surface area contributed by atoms with Crippen LogP contribution in [-0.2, 0) is 6.42 Å². The highest BCUT2D eigenvalue weighted by molar-refractivity contribution is 5.51. The van der Waals surface area contributed by atoms with Gasteiger partial charge in [0.05, 0.1) is 6.10 Å². The number of hydrogen-bond acceptors (Lipinski definition) is 2. The molecule has 0 unspecified atom stereocenters. The zero-order chi connectivity index (χ0) is 12.1.